The Kier molecular flexibility index (Phi) is 7.71. The van der Waals surface area contributed by atoms with Gasteiger partial charge < -0.3 is 25.8 Å². The van der Waals surface area contributed by atoms with Crippen molar-refractivity contribution in [3.63, 3.8) is 0 Å². The predicted octanol–water partition coefficient (Wildman–Crippen LogP) is -1.09. The van der Waals surface area contributed by atoms with Gasteiger partial charge in [-0.05, 0) is 13.8 Å². The summed E-state index contributed by atoms with van der Waals surface area (Å²) in [5, 5.41) is 11.0. The number of primary amides is 1. The monoisotopic (exact) mass is 289 g/mol. The summed E-state index contributed by atoms with van der Waals surface area (Å²) in [5.41, 5.74) is 4.89. The van der Waals surface area contributed by atoms with Gasteiger partial charge in [0.15, 0.2) is 0 Å². The molecule has 0 aliphatic rings. The predicted molar refractivity (Wildman–Crippen MR) is 67.6 cm³/mol. The minimum Gasteiger partial charge on any atom is -0.480 e. The molecule has 0 spiro atoms. The van der Waals surface area contributed by atoms with Gasteiger partial charge >= 0.3 is 18.0 Å². The van der Waals surface area contributed by atoms with Crippen molar-refractivity contribution in [2.45, 2.75) is 26.3 Å². The van der Waals surface area contributed by atoms with Crippen LogP contribution in [-0.2, 0) is 19.1 Å². The molecule has 0 saturated carbocycles. The smallest absolute Gasteiger partial charge is 0.326 e. The number of nitrogens with two attached hydrogens (primary N) is 1. The van der Waals surface area contributed by atoms with E-state index in [1.807, 2.05) is 0 Å². The molecule has 1 atom stereocenters. The minimum atomic E-state index is -1.43. The number of carbonyl (C=O) groups is 4. The van der Waals surface area contributed by atoms with E-state index in [1.54, 1.807) is 13.8 Å². The van der Waals surface area contributed by atoms with Crippen LogP contribution < -0.4 is 11.1 Å². The Labute approximate surface area is 116 Å². The fourth-order valence-corrected chi connectivity index (χ4v) is 1.33. The lowest BCUT2D eigenvalue weighted by atomic mass is 10.2. The topological polar surface area (TPSA) is 139 Å². The highest BCUT2D eigenvalue weighted by Crippen LogP contribution is 1.97. The Morgan fingerprint density at radius 1 is 1.30 bits per heavy atom. The van der Waals surface area contributed by atoms with Crippen molar-refractivity contribution < 1.29 is 29.0 Å². The summed E-state index contributed by atoms with van der Waals surface area (Å²) >= 11 is 0. The van der Waals surface area contributed by atoms with Crippen LogP contribution in [0.4, 0.5) is 4.79 Å². The third-order valence-electron chi connectivity index (χ3n) is 2.30. The van der Waals surface area contributed by atoms with Crippen molar-refractivity contribution in [1.82, 2.24) is 10.2 Å². The van der Waals surface area contributed by atoms with E-state index in [2.05, 4.69) is 5.32 Å². The number of hydrogen-bond acceptors (Lipinski definition) is 5. The lowest BCUT2D eigenvalue weighted by molar-refractivity contribution is -0.143. The van der Waals surface area contributed by atoms with E-state index in [-0.39, 0.29) is 19.7 Å². The number of likely N-dealkylation sites (N-methyl/N-ethyl adjacent to an activating group) is 1. The van der Waals surface area contributed by atoms with E-state index in [0.717, 1.165) is 4.90 Å². The molecule has 0 aliphatic heterocycles. The molecular formula is C11H19N3O6. The molecule has 0 aromatic rings. The summed E-state index contributed by atoms with van der Waals surface area (Å²) in [4.78, 5) is 45.7. The van der Waals surface area contributed by atoms with Crippen LogP contribution in [0.3, 0.4) is 0 Å². The quantitative estimate of drug-likeness (QED) is 0.485. The molecule has 0 aromatic carbocycles. The molecule has 3 amide bonds. The first-order valence-electron chi connectivity index (χ1n) is 6.03. The highest BCUT2D eigenvalue weighted by atomic mass is 16.5. The average molecular weight is 289 g/mol. The number of carboxylic acids is 1. The fourth-order valence-electron chi connectivity index (χ4n) is 1.33. The summed E-state index contributed by atoms with van der Waals surface area (Å²) in [6, 6.07) is -2.22. The number of nitrogens with one attached hydrogen (secondary N) is 1. The van der Waals surface area contributed by atoms with Gasteiger partial charge in [0, 0.05) is 6.54 Å². The maximum absolute atomic E-state index is 11.8. The van der Waals surface area contributed by atoms with Crippen molar-refractivity contribution in [1.29, 1.82) is 0 Å². The number of rotatable bonds is 8. The van der Waals surface area contributed by atoms with E-state index in [1.165, 1.54) is 0 Å². The zero-order valence-corrected chi connectivity index (χ0v) is 11.4. The number of carboxylic acid groups (broad SMARTS) is 1. The number of hydrogen-bond donors (Lipinski definition) is 3. The molecule has 114 valence electrons. The van der Waals surface area contributed by atoms with Gasteiger partial charge in [0.2, 0.25) is 5.91 Å². The van der Waals surface area contributed by atoms with Crippen LogP contribution >= 0.6 is 0 Å². The molecule has 0 bridgehead atoms. The van der Waals surface area contributed by atoms with Crippen molar-refractivity contribution in [2.24, 2.45) is 5.73 Å². The molecule has 0 fully saturated rings. The van der Waals surface area contributed by atoms with Gasteiger partial charge in [-0.3, -0.25) is 9.59 Å². The molecule has 0 saturated heterocycles. The van der Waals surface area contributed by atoms with Crippen LogP contribution in [0.1, 0.15) is 20.3 Å². The van der Waals surface area contributed by atoms with Gasteiger partial charge in [0.05, 0.1) is 13.0 Å². The van der Waals surface area contributed by atoms with E-state index >= 15 is 0 Å². The third-order valence-corrected chi connectivity index (χ3v) is 2.30. The van der Waals surface area contributed by atoms with E-state index in [9.17, 15) is 19.2 Å². The Balaban J connectivity index is 4.62. The Hall–Kier alpha value is -2.32. The van der Waals surface area contributed by atoms with Crippen LogP contribution in [0.5, 0.6) is 0 Å². The molecule has 0 radical (unpaired) electrons. The first-order chi connectivity index (χ1) is 9.31. The van der Waals surface area contributed by atoms with Crippen LogP contribution in [0.25, 0.3) is 0 Å². The molecule has 0 aromatic heterocycles. The van der Waals surface area contributed by atoms with Crippen molar-refractivity contribution >= 4 is 23.9 Å². The number of ether oxygens (including phenoxy) is 1. The van der Waals surface area contributed by atoms with Gasteiger partial charge in [0.1, 0.15) is 12.6 Å². The molecule has 0 rings (SSSR count). The summed E-state index contributed by atoms with van der Waals surface area (Å²) in [6.07, 6.45) is -0.530. The second kappa shape index (κ2) is 8.73. The Morgan fingerprint density at radius 2 is 1.90 bits per heavy atom. The maximum Gasteiger partial charge on any atom is 0.326 e. The Bertz CT molecular complexity index is 384. The molecule has 0 aliphatic carbocycles. The molecule has 0 unspecified atom stereocenters. The first-order valence-corrected chi connectivity index (χ1v) is 6.03. The second-order valence-electron chi connectivity index (χ2n) is 3.83. The number of carbonyl (C=O) groups excluding carboxylic acids is 3. The number of nitrogens with zero attached hydrogens (tertiary/aromatic N) is 1. The van der Waals surface area contributed by atoms with Gasteiger partial charge in [-0.25, -0.2) is 9.59 Å². The minimum absolute atomic E-state index is 0.174. The fraction of sp³-hybridized carbons (Fsp3) is 0.636. The number of urea groups is 1. The zero-order valence-electron chi connectivity index (χ0n) is 11.4. The third kappa shape index (κ3) is 6.57. The highest BCUT2D eigenvalue weighted by molar-refractivity contribution is 5.88. The zero-order chi connectivity index (χ0) is 15.7. The molecule has 4 N–H and O–H groups in total. The molecule has 9 heteroatoms. The number of aliphatic carboxylic acids is 1. The lowest BCUT2D eigenvalue weighted by Crippen LogP contribution is -2.50. The van der Waals surface area contributed by atoms with Crippen molar-refractivity contribution in [2.75, 3.05) is 19.7 Å². The highest BCUT2D eigenvalue weighted by Gasteiger charge is 2.25. The number of esters is 1. The number of amides is 3. The average Bonchev–Trinajstić information content (AvgIpc) is 2.34. The summed E-state index contributed by atoms with van der Waals surface area (Å²) in [7, 11) is 0. The van der Waals surface area contributed by atoms with Crippen molar-refractivity contribution in [3.8, 4) is 0 Å². The molecular weight excluding hydrogens is 270 g/mol. The second-order valence-corrected chi connectivity index (χ2v) is 3.83. The normalized spacial score (nSPS) is 11.3. The largest absolute Gasteiger partial charge is 0.480 e. The van der Waals surface area contributed by atoms with Crippen LogP contribution in [0.2, 0.25) is 0 Å². The first kappa shape index (κ1) is 17.7. The standard InChI is InChI=1S/C11H19N3O6/c1-3-14(6-9(16)20-4-2)11(19)13-7(10(17)18)5-8(12)15/h7H,3-6H2,1-2H3,(H2,12,15)(H,13,19)(H,17,18)/t7-/m0/s1. The molecule has 0 heterocycles. The molecule has 9 nitrogen and oxygen atoms in total. The van der Waals surface area contributed by atoms with Crippen LogP contribution in [0, 0.1) is 0 Å². The Morgan fingerprint density at radius 3 is 2.30 bits per heavy atom. The van der Waals surface area contributed by atoms with Gasteiger partial charge in [0.25, 0.3) is 0 Å². The summed E-state index contributed by atoms with van der Waals surface area (Å²) < 4.78 is 4.69. The summed E-state index contributed by atoms with van der Waals surface area (Å²) in [5.74, 6) is -2.85. The van der Waals surface area contributed by atoms with E-state index in [0.29, 0.717) is 0 Å². The van der Waals surface area contributed by atoms with E-state index < -0.39 is 36.3 Å². The van der Waals surface area contributed by atoms with Crippen LogP contribution in [0.15, 0.2) is 0 Å². The molecule has 20 heavy (non-hydrogen) atoms. The maximum atomic E-state index is 11.8. The van der Waals surface area contributed by atoms with Crippen molar-refractivity contribution in [3.05, 3.63) is 0 Å². The van der Waals surface area contributed by atoms with E-state index in [4.69, 9.17) is 15.6 Å². The summed E-state index contributed by atoms with van der Waals surface area (Å²) in [6.45, 7) is 3.29. The van der Waals surface area contributed by atoms with Crippen LogP contribution in [-0.4, -0.2) is 59.6 Å². The SMILES string of the molecule is CCOC(=O)CN(CC)C(=O)N[C@@H](CC(N)=O)C(=O)O. The van der Waals surface area contributed by atoms with Gasteiger partial charge in [-0.2, -0.15) is 0 Å². The lowest BCUT2D eigenvalue weighted by Gasteiger charge is -2.22. The van der Waals surface area contributed by atoms with Gasteiger partial charge in [-0.1, -0.05) is 0 Å². The van der Waals surface area contributed by atoms with Gasteiger partial charge in [-0.15, -0.1) is 0 Å².